The van der Waals surface area contributed by atoms with Gasteiger partial charge in [0.25, 0.3) is 5.91 Å². The maximum atomic E-state index is 12.7. The number of aromatic hydroxyl groups is 1. The molecule has 0 fully saturated rings. The van der Waals surface area contributed by atoms with Crippen molar-refractivity contribution in [2.75, 3.05) is 6.54 Å². The zero-order valence-corrected chi connectivity index (χ0v) is 9.35. The molecule has 1 aromatic carbocycles. The minimum absolute atomic E-state index is 0.0378. The van der Waals surface area contributed by atoms with Crippen LogP contribution in [0.25, 0.3) is 0 Å². The summed E-state index contributed by atoms with van der Waals surface area (Å²) >= 11 is 0. The van der Waals surface area contributed by atoms with E-state index in [0.29, 0.717) is 0 Å². The highest BCUT2D eigenvalue weighted by molar-refractivity contribution is 5.96. The minimum Gasteiger partial charge on any atom is -0.507 e. The first-order valence-electron chi connectivity index (χ1n) is 5.12. The van der Waals surface area contributed by atoms with E-state index in [1.54, 1.807) is 0 Å². The fourth-order valence-electron chi connectivity index (χ4n) is 1.17. The number of aliphatic hydroxyl groups excluding tert-OH is 1. The summed E-state index contributed by atoms with van der Waals surface area (Å²) in [6, 6.07) is 2.50. The van der Waals surface area contributed by atoms with E-state index in [0.717, 1.165) is 12.1 Å². The monoisotopic (exact) mass is 242 g/mol. The number of carbonyl (C=O) groups is 1. The molecule has 1 rings (SSSR count). The topological polar surface area (TPSA) is 95.6 Å². The Morgan fingerprint density at radius 2 is 2.24 bits per heavy atom. The highest BCUT2D eigenvalue weighted by atomic mass is 19.1. The number of phenols is 1. The largest absolute Gasteiger partial charge is 0.507 e. The van der Waals surface area contributed by atoms with Crippen LogP contribution in [0.1, 0.15) is 17.3 Å². The van der Waals surface area contributed by atoms with Gasteiger partial charge in [-0.05, 0) is 19.1 Å². The molecule has 0 bridgehead atoms. The number of nitrogens with two attached hydrogens (primary N) is 1. The Labute approximate surface area is 98.1 Å². The Morgan fingerprint density at radius 3 is 2.76 bits per heavy atom. The van der Waals surface area contributed by atoms with Crippen LogP contribution in [0.2, 0.25) is 0 Å². The predicted molar refractivity (Wildman–Crippen MR) is 60.1 cm³/mol. The van der Waals surface area contributed by atoms with Crippen LogP contribution in [0.15, 0.2) is 18.2 Å². The summed E-state index contributed by atoms with van der Waals surface area (Å²) < 4.78 is 12.7. The van der Waals surface area contributed by atoms with Crippen LogP contribution < -0.4 is 11.1 Å². The Bertz CT molecular complexity index is 410. The van der Waals surface area contributed by atoms with Gasteiger partial charge in [0.05, 0.1) is 11.7 Å². The van der Waals surface area contributed by atoms with Crippen LogP contribution in [0.5, 0.6) is 5.75 Å². The molecule has 0 saturated carbocycles. The van der Waals surface area contributed by atoms with Crippen LogP contribution in [-0.2, 0) is 0 Å². The van der Waals surface area contributed by atoms with Crippen molar-refractivity contribution in [3.63, 3.8) is 0 Å². The standard InChI is InChI=1S/C11H15FN2O3/c1-6(15)9(13)5-14-11(17)8-3-2-7(12)4-10(8)16/h2-4,6,9,15-16H,5,13H2,1H3,(H,14,17). The van der Waals surface area contributed by atoms with Crippen LogP contribution >= 0.6 is 0 Å². The molecule has 0 aliphatic heterocycles. The number of halogens is 1. The van der Waals surface area contributed by atoms with Gasteiger partial charge in [0.2, 0.25) is 0 Å². The summed E-state index contributed by atoms with van der Waals surface area (Å²) in [7, 11) is 0. The van der Waals surface area contributed by atoms with E-state index >= 15 is 0 Å². The third kappa shape index (κ3) is 3.69. The number of phenolic OH excluding ortho intramolecular Hbond substituents is 1. The van der Waals surface area contributed by atoms with Crippen LogP contribution in [0, 0.1) is 5.82 Å². The minimum atomic E-state index is -0.753. The average molecular weight is 242 g/mol. The number of rotatable bonds is 4. The number of hydrogen-bond donors (Lipinski definition) is 4. The van der Waals surface area contributed by atoms with E-state index in [9.17, 15) is 14.3 Å². The molecule has 0 aliphatic rings. The predicted octanol–water partition coefficient (Wildman–Crippen LogP) is -0.0308. The van der Waals surface area contributed by atoms with Gasteiger partial charge in [-0.2, -0.15) is 0 Å². The van der Waals surface area contributed by atoms with Gasteiger partial charge >= 0.3 is 0 Å². The Balaban J connectivity index is 2.64. The number of carbonyl (C=O) groups excluding carboxylic acids is 1. The van der Waals surface area contributed by atoms with Crippen LogP contribution in [0.3, 0.4) is 0 Å². The molecule has 2 atom stereocenters. The maximum Gasteiger partial charge on any atom is 0.255 e. The van der Waals surface area contributed by atoms with Gasteiger partial charge in [-0.1, -0.05) is 0 Å². The molecular weight excluding hydrogens is 227 g/mol. The summed E-state index contributed by atoms with van der Waals surface area (Å²) in [6.07, 6.45) is -0.753. The molecule has 0 heterocycles. The molecular formula is C11H15FN2O3. The van der Waals surface area contributed by atoms with E-state index in [4.69, 9.17) is 10.8 Å². The van der Waals surface area contributed by atoms with Gasteiger partial charge in [0.15, 0.2) is 0 Å². The van der Waals surface area contributed by atoms with E-state index in [1.807, 2.05) is 0 Å². The van der Waals surface area contributed by atoms with Gasteiger partial charge in [-0.15, -0.1) is 0 Å². The second-order valence-electron chi connectivity index (χ2n) is 3.78. The summed E-state index contributed by atoms with van der Waals surface area (Å²) in [5.74, 6) is -1.63. The third-order valence-electron chi connectivity index (χ3n) is 2.32. The van der Waals surface area contributed by atoms with E-state index in [-0.39, 0.29) is 12.1 Å². The molecule has 17 heavy (non-hydrogen) atoms. The normalized spacial score (nSPS) is 14.1. The lowest BCUT2D eigenvalue weighted by Crippen LogP contribution is -2.43. The van der Waals surface area contributed by atoms with Gasteiger partial charge in [-0.3, -0.25) is 4.79 Å². The van der Waals surface area contributed by atoms with Gasteiger partial charge < -0.3 is 21.3 Å². The first kappa shape index (κ1) is 13.4. The molecule has 0 aromatic heterocycles. The molecule has 0 saturated heterocycles. The van der Waals surface area contributed by atoms with Crippen LogP contribution in [0.4, 0.5) is 4.39 Å². The third-order valence-corrected chi connectivity index (χ3v) is 2.32. The smallest absolute Gasteiger partial charge is 0.255 e. The molecule has 1 amide bonds. The lowest BCUT2D eigenvalue weighted by Gasteiger charge is -2.15. The molecule has 5 nitrogen and oxygen atoms in total. The number of benzene rings is 1. The van der Waals surface area contributed by atoms with Crippen molar-refractivity contribution in [3.05, 3.63) is 29.6 Å². The Morgan fingerprint density at radius 1 is 1.59 bits per heavy atom. The lowest BCUT2D eigenvalue weighted by molar-refractivity contribution is 0.0935. The van der Waals surface area contributed by atoms with Gasteiger partial charge in [0.1, 0.15) is 11.6 Å². The maximum absolute atomic E-state index is 12.7. The molecule has 6 heteroatoms. The summed E-state index contributed by atoms with van der Waals surface area (Å²) in [4.78, 5) is 11.6. The first-order valence-corrected chi connectivity index (χ1v) is 5.12. The number of aliphatic hydroxyl groups is 1. The molecule has 0 spiro atoms. The highest BCUT2D eigenvalue weighted by Gasteiger charge is 2.14. The van der Waals surface area contributed by atoms with Crippen molar-refractivity contribution in [2.45, 2.75) is 19.1 Å². The van der Waals surface area contributed by atoms with Crippen molar-refractivity contribution >= 4 is 5.91 Å². The van der Waals surface area contributed by atoms with Crippen molar-refractivity contribution in [1.29, 1.82) is 0 Å². The van der Waals surface area contributed by atoms with Gasteiger partial charge in [0, 0.05) is 18.7 Å². The Hall–Kier alpha value is -1.66. The molecule has 0 aliphatic carbocycles. The second-order valence-corrected chi connectivity index (χ2v) is 3.78. The number of amides is 1. The fourth-order valence-corrected chi connectivity index (χ4v) is 1.17. The molecule has 2 unspecified atom stereocenters. The Kier molecular flexibility index (Phi) is 4.42. The summed E-state index contributed by atoms with van der Waals surface area (Å²) in [5, 5.41) is 20.9. The SMILES string of the molecule is CC(O)C(N)CNC(=O)c1ccc(F)cc1O. The average Bonchev–Trinajstić information content (AvgIpc) is 2.25. The number of nitrogens with one attached hydrogen (secondary N) is 1. The summed E-state index contributed by atoms with van der Waals surface area (Å²) in [6.45, 7) is 1.57. The van der Waals surface area contributed by atoms with Crippen molar-refractivity contribution in [3.8, 4) is 5.75 Å². The lowest BCUT2D eigenvalue weighted by atomic mass is 10.1. The molecule has 1 aromatic rings. The quantitative estimate of drug-likeness (QED) is 0.596. The van der Waals surface area contributed by atoms with Gasteiger partial charge in [-0.25, -0.2) is 4.39 Å². The highest BCUT2D eigenvalue weighted by Crippen LogP contribution is 2.17. The number of hydrogen-bond acceptors (Lipinski definition) is 4. The molecule has 0 radical (unpaired) electrons. The molecule has 94 valence electrons. The summed E-state index contributed by atoms with van der Waals surface area (Å²) in [5.41, 5.74) is 5.48. The van der Waals surface area contributed by atoms with Crippen molar-refractivity contribution < 1.29 is 19.4 Å². The van der Waals surface area contributed by atoms with E-state index in [1.165, 1.54) is 13.0 Å². The zero-order chi connectivity index (χ0) is 13.0. The van der Waals surface area contributed by atoms with E-state index in [2.05, 4.69) is 5.32 Å². The zero-order valence-electron chi connectivity index (χ0n) is 9.35. The van der Waals surface area contributed by atoms with Crippen molar-refractivity contribution in [2.24, 2.45) is 5.73 Å². The van der Waals surface area contributed by atoms with E-state index < -0.39 is 29.6 Å². The molecule has 5 N–H and O–H groups in total. The van der Waals surface area contributed by atoms with Crippen LogP contribution in [-0.4, -0.2) is 34.8 Å². The fraction of sp³-hybridized carbons (Fsp3) is 0.364. The first-order chi connectivity index (χ1) is 7.91. The van der Waals surface area contributed by atoms with Crippen molar-refractivity contribution in [1.82, 2.24) is 5.32 Å². The second kappa shape index (κ2) is 5.60.